The van der Waals surface area contributed by atoms with E-state index >= 15 is 0 Å². The van der Waals surface area contributed by atoms with E-state index in [1.54, 1.807) is 10.6 Å². The Hall–Kier alpha value is -1.84. The zero-order chi connectivity index (χ0) is 15.6. The first-order valence-corrected chi connectivity index (χ1v) is 5.72. The Balaban J connectivity index is 2.48. The van der Waals surface area contributed by atoms with Crippen molar-refractivity contribution in [2.45, 2.75) is 37.5 Å². The zero-order valence-corrected chi connectivity index (χ0v) is 10.5. The van der Waals surface area contributed by atoms with Crippen LogP contribution in [0.15, 0.2) is 0 Å². The van der Waals surface area contributed by atoms with E-state index in [1.807, 2.05) is 0 Å². The monoisotopic (exact) mass is 297 g/mol. The summed E-state index contributed by atoms with van der Waals surface area (Å²) < 4.78 is 37.8. The Morgan fingerprint density at radius 2 is 1.80 bits per heavy atom. The maximum atomic E-state index is 12.6. The molecule has 0 aromatic carbocycles. The fraction of sp³-hybridized carbons (Fsp3) is 0.700. The molecule has 1 unspecified atom stereocenters. The maximum Gasteiger partial charge on any atom is 0.417 e. The van der Waals surface area contributed by atoms with Gasteiger partial charge in [-0.15, -0.1) is 0 Å². The van der Waals surface area contributed by atoms with E-state index in [2.05, 4.69) is 5.32 Å². The highest BCUT2D eigenvalue weighted by atomic mass is 19.4. The average Bonchev–Trinajstić information content (AvgIpc) is 3.07. The quantitative estimate of drug-likeness (QED) is 0.570. The van der Waals surface area contributed by atoms with Crippen molar-refractivity contribution in [1.82, 2.24) is 16.0 Å². The fourth-order valence-electron chi connectivity index (χ4n) is 1.17. The third kappa shape index (κ3) is 4.08. The first-order valence-electron chi connectivity index (χ1n) is 5.72. The summed E-state index contributed by atoms with van der Waals surface area (Å²) >= 11 is 0. The van der Waals surface area contributed by atoms with Crippen molar-refractivity contribution < 1.29 is 32.7 Å². The molecule has 0 aromatic heterocycles. The van der Waals surface area contributed by atoms with Crippen molar-refractivity contribution in [3.8, 4) is 0 Å². The molecule has 20 heavy (non-hydrogen) atoms. The van der Waals surface area contributed by atoms with Crippen molar-refractivity contribution in [3.05, 3.63) is 0 Å². The summed E-state index contributed by atoms with van der Waals surface area (Å²) in [5.74, 6) is -3.22. The molecular weight excluding hydrogens is 283 g/mol. The lowest BCUT2D eigenvalue weighted by Crippen LogP contribution is -2.62. The third-order valence-corrected chi connectivity index (χ3v) is 2.76. The molecule has 3 amide bonds. The summed E-state index contributed by atoms with van der Waals surface area (Å²) in [5.41, 5.74) is -3.27. The number of imide groups is 1. The van der Waals surface area contributed by atoms with Crippen LogP contribution in [-0.2, 0) is 9.59 Å². The lowest BCUT2D eigenvalue weighted by molar-refractivity contribution is -0.205. The van der Waals surface area contributed by atoms with Crippen LogP contribution in [-0.4, -0.2) is 47.3 Å². The van der Waals surface area contributed by atoms with Gasteiger partial charge in [-0.25, -0.2) is 9.59 Å². The van der Waals surface area contributed by atoms with Crippen molar-refractivity contribution in [2.75, 3.05) is 6.54 Å². The highest BCUT2D eigenvalue weighted by Crippen LogP contribution is 2.30. The predicted molar refractivity (Wildman–Crippen MR) is 59.8 cm³/mol. The standard InChI is InChI=1S/C10H14F3N3O4/c1-9(7(18)19,10(11,12)13)14-4-6(17)16-8(20)15-5-2-3-5/h5,14H,2-4H2,1H3,(H,18,19)(H2,15,16,17,20). The number of carbonyl (C=O) groups is 3. The van der Waals surface area contributed by atoms with E-state index in [4.69, 9.17) is 5.11 Å². The first-order chi connectivity index (χ1) is 9.06. The van der Waals surface area contributed by atoms with E-state index in [0.717, 1.165) is 12.8 Å². The molecule has 0 heterocycles. The summed E-state index contributed by atoms with van der Waals surface area (Å²) in [6.45, 7) is -0.562. The molecule has 1 fully saturated rings. The minimum absolute atomic E-state index is 0.0183. The molecule has 114 valence electrons. The Morgan fingerprint density at radius 1 is 1.25 bits per heavy atom. The van der Waals surface area contributed by atoms with Crippen LogP contribution in [0.1, 0.15) is 19.8 Å². The van der Waals surface area contributed by atoms with E-state index in [1.165, 1.54) is 0 Å². The number of nitrogens with one attached hydrogen (secondary N) is 3. The molecule has 10 heteroatoms. The molecule has 0 spiro atoms. The van der Waals surface area contributed by atoms with Crippen LogP contribution in [0, 0.1) is 0 Å². The maximum absolute atomic E-state index is 12.6. The SMILES string of the molecule is CC(NCC(=O)NC(=O)NC1CC1)(C(=O)O)C(F)(F)F. The van der Waals surface area contributed by atoms with Crippen LogP contribution in [0.2, 0.25) is 0 Å². The molecule has 0 aromatic rings. The van der Waals surface area contributed by atoms with Gasteiger partial charge in [-0.1, -0.05) is 0 Å². The van der Waals surface area contributed by atoms with Gasteiger partial charge >= 0.3 is 18.2 Å². The molecule has 0 radical (unpaired) electrons. The second-order valence-corrected chi connectivity index (χ2v) is 4.58. The third-order valence-electron chi connectivity index (χ3n) is 2.76. The Morgan fingerprint density at radius 3 is 2.20 bits per heavy atom. The van der Waals surface area contributed by atoms with Gasteiger partial charge in [-0.05, 0) is 19.8 Å². The number of rotatable bonds is 5. The minimum atomic E-state index is -5.09. The smallest absolute Gasteiger partial charge is 0.417 e. The molecule has 1 aliphatic rings. The Bertz CT molecular complexity index is 422. The average molecular weight is 297 g/mol. The number of carbonyl (C=O) groups excluding carboxylic acids is 2. The van der Waals surface area contributed by atoms with Crippen molar-refractivity contribution in [1.29, 1.82) is 0 Å². The van der Waals surface area contributed by atoms with Gasteiger partial charge in [0.25, 0.3) is 0 Å². The van der Waals surface area contributed by atoms with Crippen LogP contribution in [0.4, 0.5) is 18.0 Å². The van der Waals surface area contributed by atoms with Crippen LogP contribution < -0.4 is 16.0 Å². The van der Waals surface area contributed by atoms with Gasteiger partial charge in [0.15, 0.2) is 0 Å². The molecule has 1 atom stereocenters. The van der Waals surface area contributed by atoms with Crippen LogP contribution >= 0.6 is 0 Å². The highest BCUT2D eigenvalue weighted by molar-refractivity contribution is 5.95. The summed E-state index contributed by atoms with van der Waals surface area (Å²) in [6, 6.07) is -0.835. The molecule has 4 N–H and O–H groups in total. The van der Waals surface area contributed by atoms with Gasteiger partial charge in [0.05, 0.1) is 6.54 Å². The summed E-state index contributed by atoms with van der Waals surface area (Å²) in [6.07, 6.45) is -3.52. The van der Waals surface area contributed by atoms with Gasteiger partial charge in [-0.3, -0.25) is 15.4 Å². The van der Waals surface area contributed by atoms with E-state index < -0.39 is 36.2 Å². The molecule has 7 nitrogen and oxygen atoms in total. The molecule has 0 aliphatic heterocycles. The van der Waals surface area contributed by atoms with Crippen LogP contribution in [0.5, 0.6) is 0 Å². The number of halogens is 3. The molecule has 0 bridgehead atoms. The molecule has 1 rings (SSSR count). The number of amides is 3. The molecular formula is C10H14F3N3O4. The number of alkyl halides is 3. The number of urea groups is 1. The van der Waals surface area contributed by atoms with Crippen molar-refractivity contribution in [2.24, 2.45) is 0 Å². The number of carboxylic acids is 1. The summed E-state index contributed by atoms with van der Waals surface area (Å²) in [7, 11) is 0. The van der Waals surface area contributed by atoms with E-state index in [9.17, 15) is 27.6 Å². The lowest BCUT2D eigenvalue weighted by atomic mass is 10.0. The number of hydrogen-bond acceptors (Lipinski definition) is 4. The first kappa shape index (κ1) is 16.2. The van der Waals surface area contributed by atoms with E-state index in [-0.39, 0.29) is 6.04 Å². The minimum Gasteiger partial charge on any atom is -0.480 e. The predicted octanol–water partition coefficient (Wildman–Crippen LogP) is -0.0302. The van der Waals surface area contributed by atoms with Gasteiger partial charge in [0, 0.05) is 6.04 Å². The Labute approximate surface area is 111 Å². The largest absolute Gasteiger partial charge is 0.480 e. The van der Waals surface area contributed by atoms with Crippen LogP contribution in [0.3, 0.4) is 0 Å². The van der Waals surface area contributed by atoms with Crippen LogP contribution in [0.25, 0.3) is 0 Å². The van der Waals surface area contributed by atoms with E-state index in [0.29, 0.717) is 6.92 Å². The second kappa shape index (κ2) is 5.65. The second-order valence-electron chi connectivity index (χ2n) is 4.58. The highest BCUT2D eigenvalue weighted by Gasteiger charge is 2.57. The normalized spacial score (nSPS) is 18.0. The fourth-order valence-corrected chi connectivity index (χ4v) is 1.17. The van der Waals surface area contributed by atoms with Crippen molar-refractivity contribution in [3.63, 3.8) is 0 Å². The Kier molecular flexibility index (Phi) is 4.58. The lowest BCUT2D eigenvalue weighted by Gasteiger charge is -2.28. The number of hydrogen-bond donors (Lipinski definition) is 4. The summed E-state index contributed by atoms with van der Waals surface area (Å²) in [5, 5.41) is 14.4. The van der Waals surface area contributed by atoms with Gasteiger partial charge in [0.2, 0.25) is 11.4 Å². The molecule has 1 aliphatic carbocycles. The van der Waals surface area contributed by atoms with Crippen molar-refractivity contribution >= 4 is 17.9 Å². The molecule has 1 saturated carbocycles. The van der Waals surface area contributed by atoms with Gasteiger partial charge in [0.1, 0.15) is 0 Å². The zero-order valence-electron chi connectivity index (χ0n) is 10.5. The number of carboxylic acid groups (broad SMARTS) is 1. The molecule has 0 saturated heterocycles. The van der Waals surface area contributed by atoms with Gasteiger partial charge in [-0.2, -0.15) is 13.2 Å². The number of aliphatic carboxylic acids is 1. The topological polar surface area (TPSA) is 108 Å². The summed E-state index contributed by atoms with van der Waals surface area (Å²) in [4.78, 5) is 33.1. The van der Waals surface area contributed by atoms with Gasteiger partial charge < -0.3 is 10.4 Å².